The van der Waals surface area contributed by atoms with E-state index in [1.165, 1.54) is 63.5 Å². The lowest BCUT2D eigenvalue weighted by molar-refractivity contribution is 0.381. The summed E-state index contributed by atoms with van der Waals surface area (Å²) < 4.78 is 0. The molecule has 0 aromatic carbocycles. The third-order valence-corrected chi connectivity index (χ3v) is 6.10. The molecule has 0 aliphatic heterocycles. The molecule has 2 aliphatic carbocycles. The zero-order valence-electron chi connectivity index (χ0n) is 10.2. The molecule has 2 rings (SSSR count). The molecule has 0 nitrogen and oxygen atoms in total. The summed E-state index contributed by atoms with van der Waals surface area (Å²) in [5, 5.41) is 1.00. The van der Waals surface area contributed by atoms with Crippen molar-refractivity contribution in [3.8, 4) is 0 Å². The van der Waals surface area contributed by atoms with Gasteiger partial charge in [0.1, 0.15) is 0 Å². The van der Waals surface area contributed by atoms with Crippen molar-refractivity contribution in [2.45, 2.75) is 70.0 Å². The third-order valence-electron chi connectivity index (χ3n) is 4.30. The van der Waals surface area contributed by atoms with Gasteiger partial charge in [0, 0.05) is 5.25 Å². The molecule has 0 bridgehead atoms. The molecule has 2 aliphatic rings. The summed E-state index contributed by atoms with van der Waals surface area (Å²) in [7, 11) is 0. The lowest BCUT2D eigenvalue weighted by Crippen LogP contribution is -2.21. The van der Waals surface area contributed by atoms with Crippen molar-refractivity contribution < 1.29 is 0 Å². The van der Waals surface area contributed by atoms with Crippen molar-refractivity contribution in [2.24, 2.45) is 11.8 Å². The van der Waals surface area contributed by atoms with Crippen molar-refractivity contribution in [1.29, 1.82) is 0 Å². The van der Waals surface area contributed by atoms with Crippen LogP contribution in [0.1, 0.15) is 64.7 Å². The van der Waals surface area contributed by atoms with Gasteiger partial charge in [-0.25, -0.2) is 0 Å². The Morgan fingerprint density at radius 2 is 1.53 bits per heavy atom. The predicted molar refractivity (Wildman–Crippen MR) is 70.5 cm³/mol. The average Bonchev–Trinajstić information content (AvgIpc) is 2.29. The summed E-state index contributed by atoms with van der Waals surface area (Å²) in [4.78, 5) is 0. The Labute approximate surface area is 99.6 Å². The average molecular weight is 226 g/mol. The topological polar surface area (TPSA) is 0 Å². The van der Waals surface area contributed by atoms with E-state index >= 15 is 0 Å². The van der Waals surface area contributed by atoms with Crippen molar-refractivity contribution in [3.63, 3.8) is 0 Å². The molecule has 0 aromatic heterocycles. The number of hydrogen-bond acceptors (Lipinski definition) is 1. The van der Waals surface area contributed by atoms with E-state index in [0.717, 1.165) is 17.1 Å². The van der Waals surface area contributed by atoms with Crippen molar-refractivity contribution in [1.82, 2.24) is 0 Å². The Balaban J connectivity index is 1.67. The van der Waals surface area contributed by atoms with E-state index in [1.807, 2.05) is 0 Å². The molecule has 0 aromatic rings. The second-order valence-corrected chi connectivity index (χ2v) is 6.91. The van der Waals surface area contributed by atoms with Gasteiger partial charge in [-0.15, -0.1) is 0 Å². The van der Waals surface area contributed by atoms with E-state index < -0.39 is 0 Å². The fraction of sp³-hybridized carbons (Fsp3) is 1.00. The lowest BCUT2D eigenvalue weighted by Gasteiger charge is -2.30. The number of hydrogen-bond donors (Lipinski definition) is 0. The maximum atomic E-state index is 2.47. The first-order valence-electron chi connectivity index (χ1n) is 6.98. The van der Waals surface area contributed by atoms with Gasteiger partial charge in [0.15, 0.2) is 0 Å². The summed E-state index contributed by atoms with van der Waals surface area (Å²) in [6, 6.07) is 0. The van der Waals surface area contributed by atoms with Gasteiger partial charge < -0.3 is 0 Å². The molecule has 2 saturated carbocycles. The van der Waals surface area contributed by atoms with Gasteiger partial charge in [-0.05, 0) is 43.3 Å². The highest BCUT2D eigenvalue weighted by atomic mass is 32.2. The molecule has 0 N–H and O–H groups in total. The van der Waals surface area contributed by atoms with Crippen molar-refractivity contribution in [2.75, 3.05) is 5.75 Å². The van der Waals surface area contributed by atoms with Gasteiger partial charge in [0.05, 0.1) is 0 Å². The number of thioether (sulfide) groups is 1. The van der Waals surface area contributed by atoms with E-state index in [0.29, 0.717) is 0 Å². The molecule has 1 heteroatoms. The van der Waals surface area contributed by atoms with Crippen molar-refractivity contribution >= 4 is 11.8 Å². The van der Waals surface area contributed by atoms with Gasteiger partial charge in [-0.3, -0.25) is 0 Å². The molecule has 2 unspecified atom stereocenters. The van der Waals surface area contributed by atoms with Gasteiger partial charge in [-0.2, -0.15) is 11.8 Å². The summed E-state index contributed by atoms with van der Waals surface area (Å²) in [5.41, 5.74) is 0. The smallest absolute Gasteiger partial charge is 0.00727 e. The second kappa shape index (κ2) is 6.18. The molecule has 2 atom stereocenters. The van der Waals surface area contributed by atoms with Crippen LogP contribution in [-0.4, -0.2) is 11.0 Å². The highest BCUT2D eigenvalue weighted by Gasteiger charge is 2.23. The minimum Gasteiger partial charge on any atom is -0.158 e. The van der Waals surface area contributed by atoms with E-state index in [4.69, 9.17) is 0 Å². The Bertz CT molecular complexity index is 172. The van der Waals surface area contributed by atoms with Crippen LogP contribution in [0.15, 0.2) is 0 Å². The largest absolute Gasteiger partial charge is 0.158 e. The standard InChI is InChI=1S/C14H26S/c1-12-7-5-6-10-14(12)15-11-13-8-3-2-4-9-13/h12-14H,2-11H2,1H3. The minimum atomic E-state index is 0.993. The lowest BCUT2D eigenvalue weighted by atomic mass is 9.90. The molecule has 0 saturated heterocycles. The highest BCUT2D eigenvalue weighted by molar-refractivity contribution is 7.99. The fourth-order valence-corrected chi connectivity index (χ4v) is 4.79. The molecular weight excluding hydrogens is 200 g/mol. The van der Waals surface area contributed by atoms with Gasteiger partial charge >= 0.3 is 0 Å². The summed E-state index contributed by atoms with van der Waals surface area (Å²) in [6.07, 6.45) is 13.5. The molecule has 0 heterocycles. The molecule has 0 spiro atoms. The molecular formula is C14H26S. The first-order chi connectivity index (χ1) is 7.36. The molecule has 0 amide bonds. The van der Waals surface area contributed by atoms with Gasteiger partial charge in [0.25, 0.3) is 0 Å². The van der Waals surface area contributed by atoms with Crippen LogP contribution in [0, 0.1) is 11.8 Å². The summed E-state index contributed by atoms with van der Waals surface area (Å²) >= 11 is 2.31. The summed E-state index contributed by atoms with van der Waals surface area (Å²) in [6.45, 7) is 2.47. The van der Waals surface area contributed by atoms with Crippen LogP contribution in [0.25, 0.3) is 0 Å². The summed E-state index contributed by atoms with van der Waals surface area (Å²) in [5.74, 6) is 3.53. The van der Waals surface area contributed by atoms with E-state index in [1.54, 1.807) is 0 Å². The Morgan fingerprint density at radius 1 is 0.867 bits per heavy atom. The second-order valence-electron chi connectivity index (χ2n) is 5.64. The Morgan fingerprint density at radius 3 is 2.27 bits per heavy atom. The maximum Gasteiger partial charge on any atom is 0.00727 e. The first-order valence-corrected chi connectivity index (χ1v) is 8.03. The normalized spacial score (nSPS) is 34.2. The van der Waals surface area contributed by atoms with Crippen LogP contribution in [0.2, 0.25) is 0 Å². The van der Waals surface area contributed by atoms with Crippen LogP contribution in [0.4, 0.5) is 0 Å². The predicted octanol–water partition coefficient (Wildman–Crippen LogP) is 4.88. The third kappa shape index (κ3) is 3.69. The van der Waals surface area contributed by atoms with Gasteiger partial charge in [0.2, 0.25) is 0 Å². The maximum absolute atomic E-state index is 2.47. The van der Waals surface area contributed by atoms with Crippen LogP contribution in [0.3, 0.4) is 0 Å². The fourth-order valence-electron chi connectivity index (χ4n) is 3.14. The zero-order chi connectivity index (χ0) is 10.5. The molecule has 2 fully saturated rings. The van der Waals surface area contributed by atoms with E-state index in [-0.39, 0.29) is 0 Å². The highest BCUT2D eigenvalue weighted by Crippen LogP contribution is 2.36. The van der Waals surface area contributed by atoms with Gasteiger partial charge in [-0.1, -0.05) is 39.0 Å². The number of rotatable bonds is 3. The van der Waals surface area contributed by atoms with Crippen LogP contribution in [0.5, 0.6) is 0 Å². The SMILES string of the molecule is CC1CCCCC1SCC1CCCCC1. The molecule has 0 radical (unpaired) electrons. The minimum absolute atomic E-state index is 0.993. The zero-order valence-corrected chi connectivity index (χ0v) is 11.0. The van der Waals surface area contributed by atoms with Crippen LogP contribution >= 0.6 is 11.8 Å². The Kier molecular flexibility index (Phi) is 4.87. The Hall–Kier alpha value is 0.350. The first kappa shape index (κ1) is 11.8. The van der Waals surface area contributed by atoms with Crippen molar-refractivity contribution in [3.05, 3.63) is 0 Å². The van der Waals surface area contributed by atoms with Crippen LogP contribution < -0.4 is 0 Å². The van der Waals surface area contributed by atoms with E-state index in [2.05, 4.69) is 18.7 Å². The van der Waals surface area contributed by atoms with Crippen LogP contribution in [-0.2, 0) is 0 Å². The van der Waals surface area contributed by atoms with E-state index in [9.17, 15) is 0 Å². The quantitative estimate of drug-likeness (QED) is 0.661. The molecule has 88 valence electrons. The monoisotopic (exact) mass is 226 g/mol. The molecule has 15 heavy (non-hydrogen) atoms.